The third kappa shape index (κ3) is 4.37. The van der Waals surface area contributed by atoms with E-state index in [1.165, 1.54) is 15.9 Å². The van der Waals surface area contributed by atoms with Crippen molar-refractivity contribution in [1.82, 2.24) is 14.7 Å². The molecule has 0 atom stereocenters. The van der Waals surface area contributed by atoms with Gasteiger partial charge in [-0.15, -0.1) is 0 Å². The maximum absolute atomic E-state index is 11.8. The fourth-order valence-corrected chi connectivity index (χ4v) is 3.53. The summed E-state index contributed by atoms with van der Waals surface area (Å²) in [7, 11) is 1.59. The number of para-hydroxylation sites is 1. The lowest BCUT2D eigenvalue weighted by Gasteiger charge is -2.36. The van der Waals surface area contributed by atoms with Crippen molar-refractivity contribution in [2.75, 3.05) is 49.5 Å². The summed E-state index contributed by atoms with van der Waals surface area (Å²) in [6, 6.07) is 8.57. The van der Waals surface area contributed by atoms with Crippen LogP contribution >= 0.6 is 11.6 Å². The molecule has 1 fully saturated rings. The molecule has 0 radical (unpaired) electrons. The van der Waals surface area contributed by atoms with Gasteiger partial charge in [0.2, 0.25) is 0 Å². The minimum Gasteiger partial charge on any atom is -0.382 e. The number of nitrogens with one attached hydrogen (secondary N) is 1. The third-order valence-corrected chi connectivity index (χ3v) is 5.24. The molecule has 2 aromatic rings. The van der Waals surface area contributed by atoms with Gasteiger partial charge in [-0.3, -0.25) is 9.69 Å². The number of aromatic nitrogens is 2. The predicted octanol–water partition coefficient (Wildman–Crippen LogP) is 2.37. The maximum atomic E-state index is 11.8. The van der Waals surface area contributed by atoms with E-state index in [1.807, 2.05) is 0 Å². The molecule has 1 aliphatic heterocycles. The molecule has 3 rings (SSSR count). The Balaban J connectivity index is 1.41. The smallest absolute Gasteiger partial charge is 0.287 e. The number of hydrogen-bond donors (Lipinski definition) is 1. The Kier molecular flexibility index (Phi) is 6.16. The van der Waals surface area contributed by atoms with Crippen LogP contribution < -0.4 is 15.8 Å². The first-order valence-corrected chi connectivity index (χ1v) is 9.42. The van der Waals surface area contributed by atoms with Gasteiger partial charge in [-0.05, 0) is 31.5 Å². The zero-order chi connectivity index (χ0) is 18.5. The first-order chi connectivity index (χ1) is 12.6. The number of anilines is 2. The van der Waals surface area contributed by atoms with Crippen LogP contribution in [0.5, 0.6) is 0 Å². The molecule has 0 aliphatic carbocycles. The molecule has 1 aliphatic rings. The molecule has 1 saturated heterocycles. The van der Waals surface area contributed by atoms with Gasteiger partial charge in [-0.25, -0.2) is 4.68 Å². The molecule has 0 bridgehead atoms. The summed E-state index contributed by atoms with van der Waals surface area (Å²) in [5.41, 5.74) is 3.02. The molecular formula is C19H26ClN5O. The summed E-state index contributed by atoms with van der Waals surface area (Å²) in [5.74, 6) is 0. The highest BCUT2D eigenvalue weighted by atomic mass is 35.5. The number of rotatable bonds is 6. The van der Waals surface area contributed by atoms with Crippen LogP contribution in [0.25, 0.3) is 0 Å². The highest BCUT2D eigenvalue weighted by Gasteiger charge is 2.17. The van der Waals surface area contributed by atoms with Crippen LogP contribution in [0.1, 0.15) is 12.0 Å². The largest absolute Gasteiger partial charge is 0.382 e. The summed E-state index contributed by atoms with van der Waals surface area (Å²) in [5, 5.41) is 7.41. The van der Waals surface area contributed by atoms with Gasteiger partial charge in [0.25, 0.3) is 5.56 Å². The van der Waals surface area contributed by atoms with Crippen molar-refractivity contribution in [3.05, 3.63) is 51.4 Å². The van der Waals surface area contributed by atoms with Gasteiger partial charge in [0, 0.05) is 45.5 Å². The van der Waals surface area contributed by atoms with Crippen LogP contribution in [0.3, 0.4) is 0 Å². The lowest BCUT2D eigenvalue weighted by Crippen LogP contribution is -2.47. The van der Waals surface area contributed by atoms with Crippen molar-refractivity contribution in [3.8, 4) is 0 Å². The molecule has 1 N–H and O–H groups in total. The quantitative estimate of drug-likeness (QED) is 0.785. The van der Waals surface area contributed by atoms with E-state index in [0.29, 0.717) is 5.69 Å². The van der Waals surface area contributed by atoms with Gasteiger partial charge in [0.1, 0.15) is 5.02 Å². The maximum Gasteiger partial charge on any atom is 0.287 e. The van der Waals surface area contributed by atoms with Gasteiger partial charge in [0.05, 0.1) is 11.9 Å². The molecule has 0 unspecified atom stereocenters. The number of halogens is 1. The minimum atomic E-state index is -0.274. The van der Waals surface area contributed by atoms with E-state index in [9.17, 15) is 4.79 Å². The predicted molar refractivity (Wildman–Crippen MR) is 107 cm³/mol. The van der Waals surface area contributed by atoms with E-state index in [1.54, 1.807) is 13.2 Å². The second-order valence-corrected chi connectivity index (χ2v) is 7.07. The number of hydrogen-bond acceptors (Lipinski definition) is 5. The normalized spacial score (nSPS) is 15.3. The molecular weight excluding hydrogens is 350 g/mol. The first-order valence-electron chi connectivity index (χ1n) is 9.05. The number of benzene rings is 1. The lowest BCUT2D eigenvalue weighted by molar-refractivity contribution is 0.257. The molecule has 1 aromatic heterocycles. The molecule has 1 aromatic carbocycles. The number of nitrogens with zero attached hydrogens (tertiary/aromatic N) is 4. The van der Waals surface area contributed by atoms with Gasteiger partial charge in [0.15, 0.2) is 0 Å². The summed E-state index contributed by atoms with van der Waals surface area (Å²) in [4.78, 5) is 16.7. The van der Waals surface area contributed by atoms with Gasteiger partial charge >= 0.3 is 0 Å². The molecule has 2 heterocycles. The summed E-state index contributed by atoms with van der Waals surface area (Å²) >= 11 is 6.06. The molecule has 0 amide bonds. The van der Waals surface area contributed by atoms with Crippen molar-refractivity contribution in [2.24, 2.45) is 7.05 Å². The monoisotopic (exact) mass is 375 g/mol. The minimum absolute atomic E-state index is 0.203. The molecule has 140 valence electrons. The van der Waals surface area contributed by atoms with Crippen LogP contribution in [0.2, 0.25) is 5.02 Å². The molecule has 0 saturated carbocycles. The third-order valence-electron chi connectivity index (χ3n) is 4.87. The average molecular weight is 376 g/mol. The number of aryl methyl sites for hydroxylation is 2. The van der Waals surface area contributed by atoms with E-state index < -0.39 is 0 Å². The molecule has 0 spiro atoms. The summed E-state index contributed by atoms with van der Waals surface area (Å²) in [6.45, 7) is 8.23. The van der Waals surface area contributed by atoms with Crippen molar-refractivity contribution < 1.29 is 0 Å². The van der Waals surface area contributed by atoms with Crippen molar-refractivity contribution in [3.63, 3.8) is 0 Å². The second-order valence-electron chi connectivity index (χ2n) is 6.70. The molecule has 7 heteroatoms. The number of piperazine rings is 1. The Hall–Kier alpha value is -2.05. The summed E-state index contributed by atoms with van der Waals surface area (Å²) in [6.07, 6.45) is 2.60. The highest BCUT2D eigenvalue weighted by molar-refractivity contribution is 6.32. The van der Waals surface area contributed by atoms with Crippen LogP contribution in [0.15, 0.2) is 35.3 Å². The Morgan fingerprint density at radius 3 is 2.65 bits per heavy atom. The zero-order valence-corrected chi connectivity index (χ0v) is 16.2. The van der Waals surface area contributed by atoms with E-state index in [0.717, 1.165) is 45.7 Å². The topological polar surface area (TPSA) is 53.4 Å². The van der Waals surface area contributed by atoms with Gasteiger partial charge in [-0.1, -0.05) is 29.8 Å². The van der Waals surface area contributed by atoms with Gasteiger partial charge in [-0.2, -0.15) is 5.10 Å². The Morgan fingerprint density at radius 2 is 1.92 bits per heavy atom. The van der Waals surface area contributed by atoms with Crippen LogP contribution in [0.4, 0.5) is 11.4 Å². The first kappa shape index (κ1) is 18.7. The van der Waals surface area contributed by atoms with Crippen molar-refractivity contribution in [2.45, 2.75) is 13.3 Å². The standard InChI is InChI=1S/C19H26ClN5O/c1-15-6-3-4-7-17(15)25-12-10-24(11-13-25)9-5-8-21-16-14-22-23(2)19(26)18(16)20/h3-4,6-7,14,21H,5,8-13H2,1-2H3. The SMILES string of the molecule is Cc1ccccc1N1CCN(CCCNc2cnn(C)c(=O)c2Cl)CC1. The van der Waals surface area contributed by atoms with E-state index in [-0.39, 0.29) is 10.6 Å². The van der Waals surface area contributed by atoms with E-state index in [4.69, 9.17) is 11.6 Å². The van der Waals surface area contributed by atoms with E-state index >= 15 is 0 Å². The second kappa shape index (κ2) is 8.56. The lowest BCUT2D eigenvalue weighted by atomic mass is 10.1. The Morgan fingerprint density at radius 1 is 1.19 bits per heavy atom. The van der Waals surface area contributed by atoms with Gasteiger partial charge < -0.3 is 10.2 Å². The van der Waals surface area contributed by atoms with Crippen LogP contribution in [-0.2, 0) is 7.05 Å². The van der Waals surface area contributed by atoms with Crippen LogP contribution in [-0.4, -0.2) is 53.9 Å². The highest BCUT2D eigenvalue weighted by Crippen LogP contribution is 2.21. The molecule has 6 nitrogen and oxygen atoms in total. The Bertz CT molecular complexity index is 799. The average Bonchev–Trinajstić information content (AvgIpc) is 2.66. The van der Waals surface area contributed by atoms with Crippen molar-refractivity contribution >= 4 is 23.0 Å². The fourth-order valence-electron chi connectivity index (χ4n) is 3.29. The van der Waals surface area contributed by atoms with Crippen molar-refractivity contribution in [1.29, 1.82) is 0 Å². The zero-order valence-electron chi connectivity index (χ0n) is 15.4. The van der Waals surface area contributed by atoms with Crippen LogP contribution in [0, 0.1) is 6.92 Å². The fraction of sp³-hybridized carbons (Fsp3) is 0.474. The summed E-state index contributed by atoms with van der Waals surface area (Å²) < 4.78 is 1.24. The van der Waals surface area contributed by atoms with E-state index in [2.05, 4.69) is 51.4 Å². The Labute approximate surface area is 159 Å². The molecule has 26 heavy (non-hydrogen) atoms.